The van der Waals surface area contributed by atoms with Crippen molar-refractivity contribution in [3.05, 3.63) is 96.1 Å². The Kier molecular flexibility index (Phi) is 6.61. The van der Waals surface area contributed by atoms with Crippen molar-refractivity contribution in [3.8, 4) is 22.6 Å². The molecule has 0 amide bonds. The summed E-state index contributed by atoms with van der Waals surface area (Å²) in [6.07, 6.45) is 6.50. The van der Waals surface area contributed by atoms with Crippen LogP contribution in [0.15, 0.2) is 96.1 Å². The summed E-state index contributed by atoms with van der Waals surface area (Å²) < 4.78 is 6.30. The lowest BCUT2D eigenvalue weighted by Gasteiger charge is -2.17. The van der Waals surface area contributed by atoms with Gasteiger partial charge < -0.3 is 9.84 Å². The first-order valence-corrected chi connectivity index (χ1v) is 11.2. The molecule has 0 spiro atoms. The highest BCUT2D eigenvalue weighted by Gasteiger charge is 2.17. The van der Waals surface area contributed by atoms with Crippen LogP contribution in [0.5, 0.6) is 11.5 Å². The summed E-state index contributed by atoms with van der Waals surface area (Å²) in [5.74, 6) is 1.04. The number of fused-ring (bicyclic) bond motifs is 2. The van der Waals surface area contributed by atoms with Gasteiger partial charge >= 0.3 is 0 Å². The Bertz CT molecular complexity index is 1310. The van der Waals surface area contributed by atoms with Crippen molar-refractivity contribution in [1.82, 2.24) is 0 Å². The normalized spacial score (nSPS) is 11.7. The van der Waals surface area contributed by atoms with Gasteiger partial charge in [0, 0.05) is 11.1 Å². The van der Waals surface area contributed by atoms with Crippen molar-refractivity contribution < 1.29 is 9.84 Å². The molecule has 4 aromatic rings. The fourth-order valence-electron chi connectivity index (χ4n) is 4.12. The summed E-state index contributed by atoms with van der Waals surface area (Å²) in [4.78, 5) is 0. The topological polar surface area (TPSA) is 29.5 Å². The lowest BCUT2D eigenvalue weighted by atomic mass is 9.92. The van der Waals surface area contributed by atoms with Crippen LogP contribution in [0.25, 0.3) is 32.7 Å². The molecule has 0 radical (unpaired) electrons. The van der Waals surface area contributed by atoms with Crippen LogP contribution in [0.2, 0.25) is 0 Å². The van der Waals surface area contributed by atoms with E-state index in [1.807, 2.05) is 36.4 Å². The van der Waals surface area contributed by atoms with Crippen LogP contribution in [-0.2, 0) is 0 Å². The third-order valence-electron chi connectivity index (χ3n) is 5.81. The van der Waals surface area contributed by atoms with Crippen molar-refractivity contribution in [2.24, 2.45) is 0 Å². The molecule has 2 heteroatoms. The number of aromatic hydroxyl groups is 1. The zero-order valence-electron chi connectivity index (χ0n) is 19.1. The molecule has 0 aromatic heterocycles. The van der Waals surface area contributed by atoms with E-state index in [0.29, 0.717) is 6.61 Å². The first-order valence-electron chi connectivity index (χ1n) is 11.2. The van der Waals surface area contributed by atoms with Crippen LogP contribution in [-0.4, -0.2) is 11.7 Å². The van der Waals surface area contributed by atoms with Crippen molar-refractivity contribution in [3.63, 3.8) is 0 Å². The Labute approximate surface area is 190 Å². The molecule has 0 aliphatic rings. The fraction of sp³-hybridized carbons (Fsp3) is 0.200. The summed E-state index contributed by atoms with van der Waals surface area (Å²) in [5, 5.41) is 15.2. The van der Waals surface area contributed by atoms with E-state index in [1.165, 1.54) is 11.1 Å². The second-order valence-corrected chi connectivity index (χ2v) is 8.52. The van der Waals surface area contributed by atoms with Crippen LogP contribution >= 0.6 is 0 Å². The highest BCUT2D eigenvalue weighted by atomic mass is 16.5. The number of benzene rings is 4. The summed E-state index contributed by atoms with van der Waals surface area (Å²) in [7, 11) is 0. The van der Waals surface area contributed by atoms with E-state index < -0.39 is 0 Å². The molecule has 32 heavy (non-hydrogen) atoms. The van der Waals surface area contributed by atoms with Crippen molar-refractivity contribution in [2.75, 3.05) is 6.61 Å². The Morgan fingerprint density at radius 2 is 1.38 bits per heavy atom. The zero-order chi connectivity index (χ0) is 22.5. The molecule has 0 saturated carbocycles. The highest BCUT2D eigenvalue weighted by Crippen LogP contribution is 2.44. The van der Waals surface area contributed by atoms with Crippen molar-refractivity contribution in [1.29, 1.82) is 0 Å². The van der Waals surface area contributed by atoms with Gasteiger partial charge in [-0.15, -0.1) is 0 Å². The van der Waals surface area contributed by atoms with Gasteiger partial charge in [-0.1, -0.05) is 77.9 Å². The Morgan fingerprint density at radius 3 is 2.06 bits per heavy atom. The van der Waals surface area contributed by atoms with E-state index >= 15 is 0 Å². The molecule has 0 unspecified atom stereocenters. The fourth-order valence-corrected chi connectivity index (χ4v) is 4.12. The summed E-state index contributed by atoms with van der Waals surface area (Å²) in [6, 6.07) is 24.3. The number of allylic oxidation sites excluding steroid dienone is 3. The molecule has 0 atom stereocenters. The largest absolute Gasteiger partial charge is 0.507 e. The predicted octanol–water partition coefficient (Wildman–Crippen LogP) is 8.44. The van der Waals surface area contributed by atoms with Gasteiger partial charge in [0.05, 0.1) is 0 Å². The van der Waals surface area contributed by atoms with E-state index in [1.54, 1.807) is 6.07 Å². The van der Waals surface area contributed by atoms with E-state index in [-0.39, 0.29) is 5.75 Å². The Morgan fingerprint density at radius 1 is 0.750 bits per heavy atom. The van der Waals surface area contributed by atoms with E-state index in [2.05, 4.69) is 63.3 Å². The summed E-state index contributed by atoms with van der Waals surface area (Å²) in [5.41, 5.74) is 4.43. The number of hydrogen-bond acceptors (Lipinski definition) is 2. The highest BCUT2D eigenvalue weighted by molar-refractivity contribution is 6.09. The van der Waals surface area contributed by atoms with Gasteiger partial charge in [-0.25, -0.2) is 0 Å². The monoisotopic (exact) mass is 422 g/mol. The van der Waals surface area contributed by atoms with E-state index in [4.69, 9.17) is 4.74 Å². The van der Waals surface area contributed by atoms with Gasteiger partial charge in [-0.05, 0) is 73.4 Å². The molecule has 0 bridgehead atoms. The standard InChI is InChI=1S/C30H30O2/c1-21(2)9-8-10-22(3)19-20-32-28-18-16-24-12-5-7-14-26(24)30(28)29-25-13-6-4-11-23(25)15-17-27(29)31/h4-7,9,11-19,31H,8,10,20H2,1-3H3/b22-19-. The first-order chi connectivity index (χ1) is 15.5. The SMILES string of the molecule is CC(C)=CCC/C(C)=C\COc1ccc2ccccc2c1-c1c(O)ccc2ccccc12. The second-order valence-electron chi connectivity index (χ2n) is 8.52. The van der Waals surface area contributed by atoms with Gasteiger partial charge in [0.1, 0.15) is 18.1 Å². The molecule has 4 rings (SSSR count). The molecule has 2 nitrogen and oxygen atoms in total. The lowest BCUT2D eigenvalue weighted by Crippen LogP contribution is -1.98. The minimum Gasteiger partial charge on any atom is -0.507 e. The maximum Gasteiger partial charge on any atom is 0.128 e. The van der Waals surface area contributed by atoms with Crippen LogP contribution in [0, 0.1) is 0 Å². The van der Waals surface area contributed by atoms with Gasteiger partial charge in [-0.2, -0.15) is 0 Å². The molecule has 0 saturated heterocycles. The van der Waals surface area contributed by atoms with Crippen LogP contribution in [0.4, 0.5) is 0 Å². The lowest BCUT2D eigenvalue weighted by molar-refractivity contribution is 0.363. The third kappa shape index (κ3) is 4.70. The quantitative estimate of drug-likeness (QED) is 0.303. The molecule has 0 fully saturated rings. The number of phenolic OH excluding ortho intramolecular Hbond substituents is 1. The predicted molar refractivity (Wildman–Crippen MR) is 136 cm³/mol. The number of rotatable bonds is 7. The summed E-state index contributed by atoms with van der Waals surface area (Å²) >= 11 is 0. The average molecular weight is 423 g/mol. The molecule has 162 valence electrons. The molecular weight excluding hydrogens is 392 g/mol. The van der Waals surface area contributed by atoms with Crippen LogP contribution < -0.4 is 4.74 Å². The average Bonchev–Trinajstić information content (AvgIpc) is 2.79. The van der Waals surface area contributed by atoms with Gasteiger partial charge in [0.15, 0.2) is 0 Å². The van der Waals surface area contributed by atoms with Gasteiger partial charge in [-0.3, -0.25) is 0 Å². The molecule has 0 aliphatic carbocycles. The number of hydrogen-bond donors (Lipinski definition) is 1. The number of phenols is 1. The smallest absolute Gasteiger partial charge is 0.128 e. The molecule has 4 aromatic carbocycles. The van der Waals surface area contributed by atoms with Crippen LogP contribution in [0.3, 0.4) is 0 Å². The minimum atomic E-state index is 0.262. The molecular formula is C30H30O2. The van der Waals surface area contributed by atoms with Gasteiger partial charge in [0.2, 0.25) is 0 Å². The minimum absolute atomic E-state index is 0.262. The van der Waals surface area contributed by atoms with E-state index in [0.717, 1.165) is 51.3 Å². The van der Waals surface area contributed by atoms with Gasteiger partial charge in [0.25, 0.3) is 0 Å². The van der Waals surface area contributed by atoms with E-state index in [9.17, 15) is 5.11 Å². The Balaban J connectivity index is 1.76. The van der Waals surface area contributed by atoms with Crippen molar-refractivity contribution >= 4 is 21.5 Å². The first kappa shape index (κ1) is 21.7. The molecule has 1 N–H and O–H groups in total. The van der Waals surface area contributed by atoms with Crippen LogP contribution in [0.1, 0.15) is 33.6 Å². The third-order valence-corrected chi connectivity index (χ3v) is 5.81. The summed E-state index contributed by atoms with van der Waals surface area (Å²) in [6.45, 7) is 6.91. The Hall–Kier alpha value is -3.52. The zero-order valence-corrected chi connectivity index (χ0v) is 19.1. The number of ether oxygens (including phenoxy) is 1. The molecule has 0 heterocycles. The maximum atomic E-state index is 10.9. The maximum absolute atomic E-state index is 10.9. The van der Waals surface area contributed by atoms with Crippen molar-refractivity contribution in [2.45, 2.75) is 33.6 Å². The molecule has 0 aliphatic heterocycles. The second kappa shape index (κ2) is 9.74.